The van der Waals surface area contributed by atoms with Gasteiger partial charge in [0.15, 0.2) is 6.61 Å². The van der Waals surface area contributed by atoms with Crippen LogP contribution in [0.3, 0.4) is 0 Å². The van der Waals surface area contributed by atoms with E-state index >= 15 is 0 Å². The van der Waals surface area contributed by atoms with E-state index in [1.807, 2.05) is 31.2 Å². The molecule has 8 nitrogen and oxygen atoms in total. The highest BCUT2D eigenvalue weighted by molar-refractivity contribution is 8.00. The molecule has 2 N–H and O–H groups in total. The van der Waals surface area contributed by atoms with Gasteiger partial charge >= 0.3 is 4.87 Å². The van der Waals surface area contributed by atoms with Crippen molar-refractivity contribution in [3.8, 4) is 5.75 Å². The Morgan fingerprint density at radius 1 is 1.02 bits per heavy atom. The highest BCUT2D eigenvalue weighted by Gasteiger charge is 2.56. The van der Waals surface area contributed by atoms with Gasteiger partial charge in [0.05, 0.1) is 16.6 Å². The summed E-state index contributed by atoms with van der Waals surface area (Å²) in [6, 6.07) is 21.1. The number of carbonyl (C=O) groups excluding carboxylic acids is 3. The van der Waals surface area contributed by atoms with Gasteiger partial charge in [0.2, 0.25) is 11.8 Å². The van der Waals surface area contributed by atoms with Crippen LogP contribution in [0.5, 0.6) is 5.75 Å². The van der Waals surface area contributed by atoms with E-state index in [1.54, 1.807) is 48.5 Å². The molecule has 2 aliphatic heterocycles. The fourth-order valence-corrected chi connectivity index (χ4v) is 7.73. The van der Waals surface area contributed by atoms with Crippen molar-refractivity contribution in [2.75, 3.05) is 16.8 Å². The standard InChI is InChI=1S/C29H22ClN3O5S2/c1-15-4-2-6-18(12-15)31-21(34)14-38-20-7-3-5-16(13-20)22-23-25(39-26-24(22)40-29(37)32-26)28(36)33(27(23)35)19-10-8-17(30)9-11-19/h2-13,22-23,25H,14H2,1H3,(H,31,34)(H,32,37)/t22-,23-,25+/m0/s1. The van der Waals surface area contributed by atoms with Crippen LogP contribution in [-0.4, -0.2) is 34.6 Å². The molecule has 0 unspecified atom stereocenters. The number of aromatic nitrogens is 1. The number of rotatable bonds is 6. The Bertz CT molecular complexity index is 1700. The number of aromatic amines is 1. The minimum absolute atomic E-state index is 0.214. The molecular formula is C29H22ClN3O5S2. The lowest BCUT2D eigenvalue weighted by atomic mass is 9.83. The minimum Gasteiger partial charge on any atom is -0.484 e. The highest BCUT2D eigenvalue weighted by atomic mass is 35.5. The number of fused-ring (bicyclic) bond motifs is 2. The number of amides is 3. The Morgan fingerprint density at radius 2 is 1.80 bits per heavy atom. The second-order valence-corrected chi connectivity index (χ2v) is 12.1. The molecule has 3 amide bonds. The van der Waals surface area contributed by atoms with Crippen molar-refractivity contribution in [3.63, 3.8) is 0 Å². The lowest BCUT2D eigenvalue weighted by molar-refractivity contribution is -0.122. The van der Waals surface area contributed by atoms with Crippen molar-refractivity contribution < 1.29 is 19.1 Å². The van der Waals surface area contributed by atoms with E-state index in [1.165, 1.54) is 16.7 Å². The number of halogens is 1. The third kappa shape index (κ3) is 4.94. The molecule has 0 aliphatic carbocycles. The van der Waals surface area contributed by atoms with Gasteiger partial charge in [-0.15, -0.1) is 0 Å². The first-order valence-corrected chi connectivity index (χ1v) is 14.5. The summed E-state index contributed by atoms with van der Waals surface area (Å²) in [6.07, 6.45) is 0. The maximum Gasteiger partial charge on any atom is 0.305 e. The molecule has 2 aliphatic rings. The van der Waals surface area contributed by atoms with E-state index in [0.29, 0.717) is 37.6 Å². The van der Waals surface area contributed by atoms with Crippen LogP contribution >= 0.6 is 34.7 Å². The Balaban J connectivity index is 1.29. The van der Waals surface area contributed by atoms with Gasteiger partial charge in [0, 0.05) is 21.5 Å². The summed E-state index contributed by atoms with van der Waals surface area (Å²) in [5, 5.41) is 3.18. The van der Waals surface area contributed by atoms with E-state index < -0.39 is 17.1 Å². The number of anilines is 2. The van der Waals surface area contributed by atoms with Crippen LogP contribution in [-0.2, 0) is 14.4 Å². The predicted molar refractivity (Wildman–Crippen MR) is 156 cm³/mol. The second kappa shape index (κ2) is 10.6. The van der Waals surface area contributed by atoms with Crippen molar-refractivity contribution in [2.45, 2.75) is 23.1 Å². The smallest absolute Gasteiger partial charge is 0.305 e. The molecule has 4 aromatic rings. The van der Waals surface area contributed by atoms with E-state index in [4.69, 9.17) is 16.3 Å². The van der Waals surface area contributed by atoms with Crippen molar-refractivity contribution in [3.05, 3.63) is 103 Å². The minimum atomic E-state index is -0.730. The molecule has 1 saturated heterocycles. The molecule has 0 spiro atoms. The van der Waals surface area contributed by atoms with Gasteiger partial charge in [-0.05, 0) is 66.6 Å². The Kier molecular flexibility index (Phi) is 6.99. The summed E-state index contributed by atoms with van der Waals surface area (Å²) in [6.45, 7) is 1.73. The lowest BCUT2D eigenvalue weighted by Crippen LogP contribution is -2.32. The average molecular weight is 592 g/mol. The first-order valence-electron chi connectivity index (χ1n) is 12.4. The molecule has 40 heavy (non-hydrogen) atoms. The summed E-state index contributed by atoms with van der Waals surface area (Å²) in [4.78, 5) is 56.7. The van der Waals surface area contributed by atoms with Crippen molar-refractivity contribution in [1.82, 2.24) is 4.98 Å². The van der Waals surface area contributed by atoms with Crippen LogP contribution in [0.4, 0.5) is 11.4 Å². The molecule has 6 rings (SSSR count). The monoisotopic (exact) mass is 591 g/mol. The maximum absolute atomic E-state index is 13.8. The highest BCUT2D eigenvalue weighted by Crippen LogP contribution is 2.53. The molecule has 3 heterocycles. The first kappa shape index (κ1) is 26.4. The predicted octanol–water partition coefficient (Wildman–Crippen LogP) is 5.21. The molecule has 0 saturated carbocycles. The normalized spacial score (nSPS) is 19.8. The number of thiazole rings is 1. The third-order valence-corrected chi connectivity index (χ3v) is 9.45. The number of nitrogens with one attached hydrogen (secondary N) is 2. The van der Waals surface area contributed by atoms with Crippen LogP contribution in [0.25, 0.3) is 0 Å². The number of thioether (sulfide) groups is 1. The molecule has 202 valence electrons. The zero-order valence-corrected chi connectivity index (χ0v) is 23.4. The quantitative estimate of drug-likeness (QED) is 0.298. The molecule has 11 heteroatoms. The van der Waals surface area contributed by atoms with E-state index in [9.17, 15) is 19.2 Å². The number of hydrogen-bond acceptors (Lipinski definition) is 7. The number of hydrogen-bond donors (Lipinski definition) is 2. The van der Waals surface area contributed by atoms with E-state index in [2.05, 4.69) is 10.3 Å². The van der Waals surface area contributed by atoms with Gasteiger partial charge in [-0.25, -0.2) is 4.90 Å². The zero-order chi connectivity index (χ0) is 28.0. The Morgan fingerprint density at radius 3 is 2.58 bits per heavy atom. The number of imide groups is 1. The second-order valence-electron chi connectivity index (χ2n) is 9.52. The van der Waals surface area contributed by atoms with Crippen molar-refractivity contribution in [2.24, 2.45) is 5.92 Å². The van der Waals surface area contributed by atoms with Crippen LogP contribution < -0.4 is 19.8 Å². The van der Waals surface area contributed by atoms with Crippen LogP contribution in [0, 0.1) is 12.8 Å². The van der Waals surface area contributed by atoms with Gasteiger partial charge in [-0.2, -0.15) is 0 Å². The van der Waals surface area contributed by atoms with E-state index in [0.717, 1.165) is 16.9 Å². The first-order chi connectivity index (χ1) is 19.3. The molecule has 3 atom stereocenters. The summed E-state index contributed by atoms with van der Waals surface area (Å²) in [7, 11) is 0. The van der Waals surface area contributed by atoms with Gasteiger partial charge in [0.25, 0.3) is 5.91 Å². The van der Waals surface area contributed by atoms with Gasteiger partial charge in [-0.1, -0.05) is 59.0 Å². The van der Waals surface area contributed by atoms with E-state index in [-0.39, 0.29) is 29.2 Å². The van der Waals surface area contributed by atoms with Crippen molar-refractivity contribution in [1.29, 1.82) is 0 Å². The summed E-state index contributed by atoms with van der Waals surface area (Å²) < 4.78 is 5.80. The maximum atomic E-state index is 13.8. The number of nitrogens with zero attached hydrogens (tertiary/aromatic N) is 1. The molecular weight excluding hydrogens is 570 g/mol. The van der Waals surface area contributed by atoms with Crippen LogP contribution in [0.15, 0.2) is 82.6 Å². The SMILES string of the molecule is Cc1cccc(NC(=O)COc2cccc([C@@H]3c4sc(=O)[nH]c4S[C@H]4C(=O)N(c5ccc(Cl)cc5)C(=O)[C@@H]34)c2)c1. The van der Waals surface area contributed by atoms with Crippen molar-refractivity contribution >= 4 is 63.8 Å². The fourth-order valence-electron chi connectivity index (χ4n) is 5.09. The Labute approximate surface area is 242 Å². The van der Waals surface area contributed by atoms with Gasteiger partial charge < -0.3 is 15.0 Å². The zero-order valence-electron chi connectivity index (χ0n) is 21.1. The summed E-state index contributed by atoms with van der Waals surface area (Å²) in [5.41, 5.74) is 2.86. The number of ether oxygens (including phenoxy) is 1. The number of benzene rings is 3. The van der Waals surface area contributed by atoms with Crippen LogP contribution in [0.2, 0.25) is 5.02 Å². The summed E-state index contributed by atoms with van der Waals surface area (Å²) in [5.74, 6) is -1.85. The van der Waals surface area contributed by atoms with Gasteiger partial charge in [0.1, 0.15) is 11.0 Å². The molecule has 1 fully saturated rings. The summed E-state index contributed by atoms with van der Waals surface area (Å²) >= 11 is 8.27. The molecule has 0 bridgehead atoms. The number of carbonyl (C=O) groups is 3. The third-order valence-electron chi connectivity index (χ3n) is 6.80. The average Bonchev–Trinajstić information content (AvgIpc) is 3.42. The lowest BCUT2D eigenvalue weighted by Gasteiger charge is -2.30. The fraction of sp³-hybridized carbons (Fsp3) is 0.172. The molecule has 1 aromatic heterocycles. The van der Waals surface area contributed by atoms with Gasteiger partial charge in [-0.3, -0.25) is 19.2 Å². The molecule has 0 radical (unpaired) electrons. The molecule has 3 aromatic carbocycles. The largest absolute Gasteiger partial charge is 0.484 e. The van der Waals surface area contributed by atoms with Crippen LogP contribution in [0.1, 0.15) is 21.9 Å². The number of aryl methyl sites for hydroxylation is 1. The number of H-pyrrole nitrogens is 1. The Hall–Kier alpha value is -3.86. The topological polar surface area (TPSA) is 109 Å².